The lowest BCUT2D eigenvalue weighted by Crippen LogP contribution is -2.49. The van der Waals surface area contributed by atoms with Gasteiger partial charge in [0.15, 0.2) is 17.6 Å². The predicted octanol–water partition coefficient (Wildman–Crippen LogP) is 5.26. The normalized spacial score (nSPS) is 22.0. The molecular formula is C44H47ClF2N12O4. The Kier molecular flexibility index (Phi) is 10.4. The Morgan fingerprint density at radius 3 is 2.48 bits per heavy atom. The highest BCUT2D eigenvalue weighted by molar-refractivity contribution is 6.31. The van der Waals surface area contributed by atoms with Crippen molar-refractivity contribution in [3.8, 4) is 11.8 Å². The predicted molar refractivity (Wildman–Crippen MR) is 234 cm³/mol. The fourth-order valence-electron chi connectivity index (χ4n) is 9.84. The summed E-state index contributed by atoms with van der Waals surface area (Å²) in [6, 6.07) is 12.3. The molecule has 1 saturated carbocycles. The summed E-state index contributed by atoms with van der Waals surface area (Å²) in [7, 11) is 3.49. The third-order valence-corrected chi connectivity index (χ3v) is 13.7. The van der Waals surface area contributed by atoms with Crippen molar-refractivity contribution in [2.24, 2.45) is 25.9 Å². The SMILES string of the molecule is Cn1nc(C2CCC(=O)NC2=O)c2cccc(N3CCC(CN4CCN(c5nc(Cl)c(C#N)c(Nc6ccc7c(c6)c6c(c(=O)n7C)OCC(F)(F)[C@H](C7CC7)N6)n5)CC4)CC3)c21. The smallest absolute Gasteiger partial charge is 0.301 e. The van der Waals surface area contributed by atoms with Gasteiger partial charge >= 0.3 is 5.92 Å². The molecule has 1 unspecified atom stereocenters. The minimum atomic E-state index is -3.17. The van der Waals surface area contributed by atoms with Crippen molar-refractivity contribution < 1.29 is 23.1 Å². The molecule has 1 aliphatic carbocycles. The highest BCUT2D eigenvalue weighted by Gasteiger charge is 2.51. The van der Waals surface area contributed by atoms with Gasteiger partial charge in [-0.1, -0.05) is 23.7 Å². The molecular weight excluding hydrogens is 834 g/mol. The van der Waals surface area contributed by atoms with Crippen molar-refractivity contribution in [1.29, 1.82) is 5.26 Å². The Bertz CT molecular complexity index is 2770. The first-order valence-electron chi connectivity index (χ1n) is 21.6. The van der Waals surface area contributed by atoms with E-state index in [0.29, 0.717) is 67.2 Å². The van der Waals surface area contributed by atoms with Crippen LogP contribution in [0.5, 0.6) is 5.75 Å². The first kappa shape index (κ1) is 41.0. The second kappa shape index (κ2) is 15.9. The van der Waals surface area contributed by atoms with Crippen LogP contribution in [0.15, 0.2) is 41.2 Å². The number of anilines is 5. The molecule has 0 spiro atoms. The molecule has 2 amide bonds. The first-order chi connectivity index (χ1) is 30.4. The topological polar surface area (TPSA) is 179 Å². The molecule has 5 aromatic rings. The molecule has 7 heterocycles. The number of rotatable bonds is 8. The molecule has 3 saturated heterocycles. The van der Waals surface area contributed by atoms with Crippen LogP contribution in [0.3, 0.4) is 0 Å². The number of hydrogen-bond donors (Lipinski definition) is 3. The van der Waals surface area contributed by atoms with E-state index in [4.69, 9.17) is 26.4 Å². The number of hydrogen-bond acceptors (Lipinski definition) is 13. The summed E-state index contributed by atoms with van der Waals surface area (Å²) >= 11 is 6.62. The van der Waals surface area contributed by atoms with Gasteiger partial charge in [0.05, 0.1) is 40.1 Å². The number of nitriles is 1. The number of pyridine rings is 1. The van der Waals surface area contributed by atoms with Gasteiger partial charge in [0.1, 0.15) is 11.6 Å². The summed E-state index contributed by atoms with van der Waals surface area (Å²) in [5.74, 6) is -3.40. The number of aryl methyl sites for hydroxylation is 2. The molecule has 0 radical (unpaired) electrons. The van der Waals surface area contributed by atoms with Crippen LogP contribution in [0.2, 0.25) is 5.15 Å². The van der Waals surface area contributed by atoms with Gasteiger partial charge in [-0.2, -0.15) is 20.3 Å². The van der Waals surface area contributed by atoms with Crippen molar-refractivity contribution in [3.63, 3.8) is 0 Å². The number of piperidine rings is 2. The summed E-state index contributed by atoms with van der Waals surface area (Å²) in [5.41, 5.74) is 3.62. The van der Waals surface area contributed by atoms with Crippen LogP contribution in [0.25, 0.3) is 21.8 Å². The maximum Gasteiger partial charge on any atom is 0.301 e. The maximum absolute atomic E-state index is 15.2. The number of amides is 2. The lowest BCUT2D eigenvalue weighted by molar-refractivity contribution is -0.134. The van der Waals surface area contributed by atoms with Gasteiger partial charge in [-0.3, -0.25) is 29.3 Å². The summed E-state index contributed by atoms with van der Waals surface area (Å²) in [6.45, 7) is 4.79. The number of ether oxygens (including phenoxy) is 1. The van der Waals surface area contributed by atoms with E-state index in [9.17, 15) is 19.6 Å². The fourth-order valence-corrected chi connectivity index (χ4v) is 10.0. The number of nitrogens with one attached hydrogen (secondary N) is 3. The first-order valence-corrected chi connectivity index (χ1v) is 21.9. The zero-order chi connectivity index (χ0) is 43.7. The molecule has 3 N–H and O–H groups in total. The highest BCUT2D eigenvalue weighted by atomic mass is 35.5. The number of nitrogens with zero attached hydrogens (tertiary/aromatic N) is 9. The zero-order valence-electron chi connectivity index (χ0n) is 35.0. The summed E-state index contributed by atoms with van der Waals surface area (Å²) in [6.07, 6.45) is 4.17. The van der Waals surface area contributed by atoms with E-state index in [0.717, 1.165) is 67.8 Å². The Labute approximate surface area is 366 Å². The van der Waals surface area contributed by atoms with Gasteiger partial charge in [-0.05, 0) is 68.2 Å². The Morgan fingerprint density at radius 1 is 0.968 bits per heavy atom. The minimum Gasteiger partial charge on any atom is -0.480 e. The number of fused-ring (bicyclic) bond motifs is 4. The molecule has 3 aromatic heterocycles. The van der Waals surface area contributed by atoms with E-state index in [1.54, 1.807) is 25.2 Å². The van der Waals surface area contributed by atoms with Gasteiger partial charge in [0.25, 0.3) is 5.56 Å². The molecule has 328 valence electrons. The number of carbonyl (C=O) groups excluding carboxylic acids is 2. The van der Waals surface area contributed by atoms with Crippen molar-refractivity contribution in [2.45, 2.75) is 56.4 Å². The van der Waals surface area contributed by atoms with Gasteiger partial charge in [-0.25, -0.2) is 8.78 Å². The summed E-state index contributed by atoms with van der Waals surface area (Å²) in [4.78, 5) is 54.0. The van der Waals surface area contributed by atoms with Crippen molar-refractivity contribution in [3.05, 3.63) is 63.2 Å². The molecule has 19 heteroatoms. The van der Waals surface area contributed by atoms with Crippen molar-refractivity contribution >= 4 is 74.0 Å². The number of aromatic nitrogens is 5. The summed E-state index contributed by atoms with van der Waals surface area (Å²) in [5, 5.41) is 25.1. The standard InChI is InChI=1S/C44H47ClF2N12O4/c1-55-31-10-8-26(20-29(31)35-37(42(55)62)63-23-44(46,47)38(51-35)25-6-7-25)49-40-30(21-48)39(45)52-43(53-40)59-18-16-57(17-19-59)22-24-12-14-58(15-13-24)32-5-3-4-27-34(54-56(2)36(27)32)28-9-11-33(60)50-41(28)61/h3-5,8,10,20,24-25,28,38,51H,6-7,9,11-19,22-23H2,1-2H3,(H,49,52,53)(H,50,60,61)/t28?,38-/m0/s1. The minimum absolute atomic E-state index is 0.00910. The van der Waals surface area contributed by atoms with Crippen LogP contribution >= 0.6 is 11.6 Å². The van der Waals surface area contributed by atoms with E-state index in [1.807, 2.05) is 23.9 Å². The average molecular weight is 881 g/mol. The van der Waals surface area contributed by atoms with Gasteiger partial charge in [0.2, 0.25) is 23.5 Å². The molecule has 0 bridgehead atoms. The monoisotopic (exact) mass is 880 g/mol. The number of imide groups is 1. The van der Waals surface area contributed by atoms with Gasteiger partial charge < -0.3 is 29.7 Å². The van der Waals surface area contributed by atoms with Crippen LogP contribution in [-0.2, 0) is 23.7 Å². The van der Waals surface area contributed by atoms with E-state index in [1.165, 1.54) is 4.57 Å². The van der Waals surface area contributed by atoms with E-state index in [2.05, 4.69) is 47.8 Å². The maximum atomic E-state index is 15.2. The number of para-hydroxylation sites is 1. The molecule has 2 aromatic carbocycles. The third-order valence-electron chi connectivity index (χ3n) is 13.4. The Balaban J connectivity index is 0.801. The van der Waals surface area contributed by atoms with Crippen LogP contribution in [0.4, 0.5) is 37.6 Å². The highest BCUT2D eigenvalue weighted by Crippen LogP contribution is 2.46. The molecule has 2 atom stereocenters. The van der Waals surface area contributed by atoms with E-state index >= 15 is 8.78 Å². The molecule has 4 fully saturated rings. The van der Waals surface area contributed by atoms with Crippen molar-refractivity contribution in [1.82, 2.24) is 34.5 Å². The van der Waals surface area contributed by atoms with E-state index in [-0.39, 0.29) is 45.7 Å². The molecule has 4 aliphatic heterocycles. The summed E-state index contributed by atoms with van der Waals surface area (Å²) < 4.78 is 39.2. The van der Waals surface area contributed by atoms with Crippen LogP contribution in [-0.4, -0.2) is 105 Å². The average Bonchev–Trinajstić information content (AvgIpc) is 4.07. The lowest BCUT2D eigenvalue weighted by Gasteiger charge is -2.39. The Hall–Kier alpha value is -6.06. The van der Waals surface area contributed by atoms with Crippen LogP contribution < -0.4 is 36.0 Å². The third kappa shape index (κ3) is 7.54. The zero-order valence-corrected chi connectivity index (χ0v) is 35.7. The number of benzene rings is 2. The number of halogens is 3. The van der Waals surface area contributed by atoms with Crippen LogP contribution in [0.1, 0.15) is 55.7 Å². The van der Waals surface area contributed by atoms with E-state index < -0.39 is 30.0 Å². The fraction of sp³-hybridized carbons (Fsp3) is 0.477. The lowest BCUT2D eigenvalue weighted by atomic mass is 9.92. The molecule has 63 heavy (non-hydrogen) atoms. The largest absolute Gasteiger partial charge is 0.480 e. The van der Waals surface area contributed by atoms with Gasteiger partial charge in [-0.15, -0.1) is 0 Å². The van der Waals surface area contributed by atoms with Crippen molar-refractivity contribution in [2.75, 3.05) is 72.9 Å². The quantitative estimate of drug-likeness (QED) is 0.136. The van der Waals surface area contributed by atoms with Gasteiger partial charge in [0, 0.05) is 82.8 Å². The van der Waals surface area contributed by atoms with Crippen LogP contribution in [0, 0.1) is 23.2 Å². The molecule has 5 aliphatic rings. The molecule has 10 rings (SSSR count). The molecule has 16 nitrogen and oxygen atoms in total. The number of piperazine rings is 1. The second-order valence-electron chi connectivity index (χ2n) is 17.5. The Morgan fingerprint density at radius 2 is 1.75 bits per heavy atom. The number of alkyl halides is 2. The second-order valence-corrected chi connectivity index (χ2v) is 17.8. The number of carbonyl (C=O) groups is 2.